The number of halogens is 1. The Morgan fingerprint density at radius 3 is 3.06 bits per heavy atom. The first-order valence-electron chi connectivity index (χ1n) is 4.97. The maximum absolute atomic E-state index is 5.37. The molecule has 82 valence electrons. The lowest BCUT2D eigenvalue weighted by Crippen LogP contribution is -1.89. The Labute approximate surface area is 102 Å². The smallest absolute Gasteiger partial charge is 0.181 e. The van der Waals surface area contributed by atoms with Crippen molar-refractivity contribution in [2.75, 3.05) is 0 Å². The lowest BCUT2D eigenvalue weighted by Gasteiger charge is -1.99. The minimum absolute atomic E-state index is 0.739. The average molecular weight is 279 g/mol. The molecule has 0 N–H and O–H groups in total. The summed E-state index contributed by atoms with van der Waals surface area (Å²) >= 11 is 3.34. The van der Waals surface area contributed by atoms with E-state index in [9.17, 15) is 0 Å². The quantitative estimate of drug-likeness (QED) is 0.633. The van der Waals surface area contributed by atoms with Crippen molar-refractivity contribution < 1.29 is 4.42 Å². The number of hydrogen-bond donors (Lipinski definition) is 0. The van der Waals surface area contributed by atoms with Crippen LogP contribution in [0.4, 0.5) is 0 Å². The first-order chi connectivity index (χ1) is 7.81. The SMILES string of the molecule is C=CCCc1ncoc1-c1cccc(Br)n1. The molecule has 2 rings (SSSR count). The van der Waals surface area contributed by atoms with Crippen molar-refractivity contribution in [2.24, 2.45) is 0 Å². The summed E-state index contributed by atoms with van der Waals surface area (Å²) in [6.07, 6.45) is 5.03. The molecule has 0 radical (unpaired) electrons. The molecule has 4 heteroatoms. The molecule has 0 saturated carbocycles. The Morgan fingerprint density at radius 2 is 2.31 bits per heavy atom. The number of oxazole rings is 1. The van der Waals surface area contributed by atoms with E-state index >= 15 is 0 Å². The van der Waals surface area contributed by atoms with Crippen LogP contribution in [-0.4, -0.2) is 9.97 Å². The minimum Gasteiger partial charge on any atom is -0.442 e. The van der Waals surface area contributed by atoms with E-state index in [1.54, 1.807) is 0 Å². The molecule has 2 heterocycles. The fourth-order valence-electron chi connectivity index (χ4n) is 1.43. The predicted octanol–water partition coefficient (Wildman–Crippen LogP) is 3.62. The molecule has 0 fully saturated rings. The molecule has 16 heavy (non-hydrogen) atoms. The van der Waals surface area contributed by atoms with Gasteiger partial charge in [-0.25, -0.2) is 9.97 Å². The molecule has 0 aliphatic heterocycles. The van der Waals surface area contributed by atoms with Gasteiger partial charge in [-0.1, -0.05) is 12.1 Å². The topological polar surface area (TPSA) is 38.9 Å². The van der Waals surface area contributed by atoms with Crippen molar-refractivity contribution in [2.45, 2.75) is 12.8 Å². The Kier molecular flexibility index (Phi) is 3.51. The first kappa shape index (κ1) is 11.1. The van der Waals surface area contributed by atoms with Gasteiger partial charge in [0, 0.05) is 0 Å². The van der Waals surface area contributed by atoms with Crippen LogP contribution in [0.1, 0.15) is 12.1 Å². The van der Waals surface area contributed by atoms with E-state index in [4.69, 9.17) is 4.42 Å². The Hall–Kier alpha value is -1.42. The van der Waals surface area contributed by atoms with Crippen LogP contribution in [0.2, 0.25) is 0 Å². The Morgan fingerprint density at radius 1 is 1.44 bits per heavy atom. The molecule has 0 amide bonds. The summed E-state index contributed by atoms with van der Waals surface area (Å²) in [6, 6.07) is 5.71. The van der Waals surface area contributed by atoms with Crippen LogP contribution in [-0.2, 0) is 6.42 Å². The number of rotatable bonds is 4. The lowest BCUT2D eigenvalue weighted by atomic mass is 10.1. The molecular weight excluding hydrogens is 268 g/mol. The molecule has 0 bridgehead atoms. The van der Waals surface area contributed by atoms with E-state index in [0.717, 1.165) is 34.6 Å². The molecule has 0 aliphatic rings. The van der Waals surface area contributed by atoms with Crippen LogP contribution in [0, 0.1) is 0 Å². The molecule has 0 unspecified atom stereocenters. The van der Waals surface area contributed by atoms with Gasteiger partial charge in [0.25, 0.3) is 0 Å². The van der Waals surface area contributed by atoms with Gasteiger partial charge in [0.1, 0.15) is 10.3 Å². The second-order valence-corrected chi connectivity index (χ2v) is 4.11. The number of aromatic nitrogens is 2. The summed E-state index contributed by atoms with van der Waals surface area (Å²) in [5, 5.41) is 0. The van der Waals surface area contributed by atoms with Crippen molar-refractivity contribution in [3.8, 4) is 11.5 Å². The van der Waals surface area contributed by atoms with E-state index in [-0.39, 0.29) is 0 Å². The summed E-state index contributed by atoms with van der Waals surface area (Å²) < 4.78 is 6.16. The average Bonchev–Trinajstić information content (AvgIpc) is 2.74. The zero-order valence-corrected chi connectivity index (χ0v) is 10.3. The maximum atomic E-state index is 5.37. The second kappa shape index (κ2) is 5.07. The van der Waals surface area contributed by atoms with Crippen LogP contribution in [0.15, 0.2) is 46.3 Å². The zero-order valence-electron chi connectivity index (χ0n) is 8.69. The number of allylic oxidation sites excluding steroid dienone is 1. The Bertz CT molecular complexity index is 493. The van der Waals surface area contributed by atoms with Gasteiger partial charge in [0.2, 0.25) is 0 Å². The fourth-order valence-corrected chi connectivity index (χ4v) is 1.77. The first-order valence-corrected chi connectivity index (χ1v) is 5.76. The monoisotopic (exact) mass is 278 g/mol. The lowest BCUT2D eigenvalue weighted by molar-refractivity contribution is 0.568. The molecule has 2 aromatic heterocycles. The van der Waals surface area contributed by atoms with E-state index in [0.29, 0.717) is 0 Å². The van der Waals surface area contributed by atoms with Gasteiger partial charge in [-0.2, -0.15) is 0 Å². The molecule has 0 aliphatic carbocycles. The number of nitrogens with zero attached hydrogens (tertiary/aromatic N) is 2. The fraction of sp³-hybridized carbons (Fsp3) is 0.167. The summed E-state index contributed by atoms with van der Waals surface area (Å²) in [4.78, 5) is 8.53. The molecular formula is C12H11BrN2O. The summed E-state index contributed by atoms with van der Waals surface area (Å²) in [5.41, 5.74) is 1.72. The second-order valence-electron chi connectivity index (χ2n) is 3.30. The van der Waals surface area contributed by atoms with Gasteiger partial charge in [-0.15, -0.1) is 6.58 Å². The highest BCUT2D eigenvalue weighted by Gasteiger charge is 2.11. The third-order valence-corrected chi connectivity index (χ3v) is 2.62. The van der Waals surface area contributed by atoms with Crippen molar-refractivity contribution >= 4 is 15.9 Å². The van der Waals surface area contributed by atoms with Crippen molar-refractivity contribution in [3.63, 3.8) is 0 Å². The molecule has 0 aromatic carbocycles. The summed E-state index contributed by atoms with van der Waals surface area (Å²) in [7, 11) is 0. The number of pyridine rings is 1. The third kappa shape index (κ3) is 2.39. The third-order valence-electron chi connectivity index (χ3n) is 2.17. The van der Waals surface area contributed by atoms with Gasteiger partial charge < -0.3 is 4.42 Å². The maximum Gasteiger partial charge on any atom is 0.181 e. The van der Waals surface area contributed by atoms with Gasteiger partial charge in [0.15, 0.2) is 12.2 Å². The van der Waals surface area contributed by atoms with Gasteiger partial charge in [-0.3, -0.25) is 0 Å². The number of aryl methyl sites for hydroxylation is 1. The van der Waals surface area contributed by atoms with Crippen molar-refractivity contribution in [1.82, 2.24) is 9.97 Å². The number of hydrogen-bond acceptors (Lipinski definition) is 3. The predicted molar refractivity (Wildman–Crippen MR) is 66.0 cm³/mol. The van der Waals surface area contributed by atoms with Gasteiger partial charge in [0.05, 0.1) is 5.69 Å². The Balaban J connectivity index is 2.32. The highest BCUT2D eigenvalue weighted by molar-refractivity contribution is 9.10. The van der Waals surface area contributed by atoms with Crippen LogP contribution in [0.5, 0.6) is 0 Å². The molecule has 0 atom stereocenters. The largest absolute Gasteiger partial charge is 0.442 e. The van der Waals surface area contributed by atoms with E-state index in [1.807, 2.05) is 24.3 Å². The van der Waals surface area contributed by atoms with Gasteiger partial charge >= 0.3 is 0 Å². The van der Waals surface area contributed by atoms with Crippen molar-refractivity contribution in [1.29, 1.82) is 0 Å². The standard InChI is InChI=1S/C12H11BrN2O/c1-2-3-5-9-12(16-8-14-9)10-6-4-7-11(13)15-10/h2,4,6-8H,1,3,5H2. The highest BCUT2D eigenvalue weighted by atomic mass is 79.9. The zero-order chi connectivity index (χ0) is 11.4. The van der Waals surface area contributed by atoms with Gasteiger partial charge in [-0.05, 0) is 40.9 Å². The highest BCUT2D eigenvalue weighted by Crippen LogP contribution is 2.23. The molecule has 3 nitrogen and oxygen atoms in total. The molecule has 2 aromatic rings. The summed E-state index contributed by atoms with van der Waals surface area (Å²) in [6.45, 7) is 3.70. The van der Waals surface area contributed by atoms with Crippen LogP contribution in [0.25, 0.3) is 11.5 Å². The van der Waals surface area contributed by atoms with Crippen LogP contribution in [0.3, 0.4) is 0 Å². The normalized spacial score (nSPS) is 10.3. The van der Waals surface area contributed by atoms with Crippen molar-refractivity contribution in [3.05, 3.63) is 47.5 Å². The van der Waals surface area contributed by atoms with Crippen LogP contribution < -0.4 is 0 Å². The molecule has 0 saturated heterocycles. The van der Waals surface area contributed by atoms with Crippen LogP contribution >= 0.6 is 15.9 Å². The van der Waals surface area contributed by atoms with E-state index in [2.05, 4.69) is 32.5 Å². The van der Waals surface area contributed by atoms with E-state index < -0.39 is 0 Å². The molecule has 0 spiro atoms. The minimum atomic E-state index is 0.739. The van der Waals surface area contributed by atoms with E-state index in [1.165, 1.54) is 6.39 Å². The summed E-state index contributed by atoms with van der Waals surface area (Å²) in [5.74, 6) is 0.739.